The zero-order chi connectivity index (χ0) is 20.3. The van der Waals surface area contributed by atoms with Crippen molar-refractivity contribution in [3.05, 3.63) is 71.0 Å². The summed E-state index contributed by atoms with van der Waals surface area (Å²) in [7, 11) is 0. The smallest absolute Gasteiger partial charge is 0.446 e. The first kappa shape index (κ1) is 20.1. The normalized spacial score (nSPS) is 12.9. The summed E-state index contributed by atoms with van der Waals surface area (Å²) in [6, 6.07) is 8.62. The van der Waals surface area contributed by atoms with Gasteiger partial charge >= 0.3 is 11.2 Å². The largest absolute Gasteiger partial charge is 0.493 e. The Balaban J connectivity index is 1.99. The number of pyridine rings is 1. The van der Waals surface area contributed by atoms with Crippen LogP contribution in [0.5, 0.6) is 5.88 Å². The maximum absolute atomic E-state index is 13.0. The summed E-state index contributed by atoms with van der Waals surface area (Å²) in [5.41, 5.74) is -3.68. The van der Waals surface area contributed by atoms with Gasteiger partial charge in [0.15, 0.2) is 0 Å². The number of alkyl halides is 3. The number of hydrogen-bond acceptors (Lipinski definition) is 4. The summed E-state index contributed by atoms with van der Waals surface area (Å²) < 4.78 is 39.9. The molecule has 3 aromatic rings. The Kier molecular flexibility index (Phi) is 5.83. The topological polar surface area (TPSA) is 60.0 Å². The van der Waals surface area contributed by atoms with E-state index in [1.54, 1.807) is 12.4 Å². The van der Waals surface area contributed by atoms with E-state index in [1.807, 2.05) is 19.1 Å². The third-order valence-corrected chi connectivity index (χ3v) is 4.95. The van der Waals surface area contributed by atoms with E-state index in [9.17, 15) is 23.1 Å². The quantitative estimate of drug-likeness (QED) is 0.598. The van der Waals surface area contributed by atoms with Crippen molar-refractivity contribution in [2.24, 2.45) is 0 Å². The highest BCUT2D eigenvalue weighted by Gasteiger charge is 2.29. The Morgan fingerprint density at radius 3 is 2.36 bits per heavy atom. The lowest BCUT2D eigenvalue weighted by Crippen LogP contribution is -2.27. The van der Waals surface area contributed by atoms with Gasteiger partial charge in [0.1, 0.15) is 0 Å². The molecular formula is C19H18F3N3O2S. The highest BCUT2D eigenvalue weighted by atomic mass is 32.2. The number of benzene rings is 1. The van der Waals surface area contributed by atoms with E-state index in [4.69, 9.17) is 0 Å². The van der Waals surface area contributed by atoms with Gasteiger partial charge in [0, 0.05) is 17.3 Å². The molecule has 1 unspecified atom stereocenters. The van der Waals surface area contributed by atoms with Gasteiger partial charge in [-0.1, -0.05) is 13.3 Å². The fraction of sp³-hybridized carbons (Fsp3) is 0.263. The fourth-order valence-corrected chi connectivity index (χ4v) is 3.58. The molecular weight excluding hydrogens is 391 g/mol. The second kappa shape index (κ2) is 8.14. The van der Waals surface area contributed by atoms with E-state index < -0.39 is 11.2 Å². The molecule has 0 saturated heterocycles. The first-order valence-electron chi connectivity index (χ1n) is 8.59. The molecule has 0 fully saturated rings. The monoisotopic (exact) mass is 409 g/mol. The molecule has 0 aliphatic carbocycles. The minimum atomic E-state index is -4.39. The lowest BCUT2D eigenvalue weighted by Gasteiger charge is -2.17. The van der Waals surface area contributed by atoms with Gasteiger partial charge in [-0.15, -0.1) is 0 Å². The van der Waals surface area contributed by atoms with Gasteiger partial charge in [-0.2, -0.15) is 13.2 Å². The Morgan fingerprint density at radius 1 is 1.14 bits per heavy atom. The van der Waals surface area contributed by atoms with Crippen LogP contribution in [0.15, 0.2) is 64.7 Å². The van der Waals surface area contributed by atoms with Crippen LogP contribution >= 0.6 is 11.8 Å². The summed E-state index contributed by atoms with van der Waals surface area (Å²) in [6.45, 7) is 1.99. The van der Waals surface area contributed by atoms with Crippen LogP contribution in [0.25, 0.3) is 5.69 Å². The van der Waals surface area contributed by atoms with E-state index >= 15 is 0 Å². The van der Waals surface area contributed by atoms with Crippen LogP contribution in [0.1, 0.15) is 31.4 Å². The molecule has 0 spiro atoms. The average molecular weight is 409 g/mol. The Labute approximate surface area is 163 Å². The standard InChI is InChI=1S/C19H18F3N3O2S/c1-2-3-16(13-8-10-23-11-9-13)24-12-17(26)25(18(24)27)14-4-6-15(7-5-14)28-19(20,21)22/h4-12,16,26H,2-3H2,1H3. The number of rotatable bonds is 6. The number of imidazole rings is 1. The van der Waals surface area contributed by atoms with Crippen molar-refractivity contribution in [3.63, 3.8) is 0 Å². The van der Waals surface area contributed by atoms with Crippen molar-refractivity contribution >= 4 is 11.8 Å². The Hall–Kier alpha value is -2.68. The van der Waals surface area contributed by atoms with E-state index in [2.05, 4.69) is 4.98 Å². The first-order chi connectivity index (χ1) is 13.3. The first-order valence-corrected chi connectivity index (χ1v) is 9.40. The molecule has 148 valence electrons. The average Bonchev–Trinajstić information content (AvgIpc) is 2.94. The molecule has 0 aliphatic heterocycles. The molecule has 3 rings (SSSR count). The molecule has 5 nitrogen and oxygen atoms in total. The van der Waals surface area contributed by atoms with E-state index in [0.717, 1.165) is 16.6 Å². The summed E-state index contributed by atoms with van der Waals surface area (Å²) in [5, 5.41) is 10.3. The number of aromatic hydroxyl groups is 1. The zero-order valence-electron chi connectivity index (χ0n) is 14.9. The molecule has 0 radical (unpaired) electrons. The van der Waals surface area contributed by atoms with Crippen LogP contribution < -0.4 is 5.69 Å². The molecule has 2 aromatic heterocycles. The van der Waals surface area contributed by atoms with Crippen LogP contribution in [0.2, 0.25) is 0 Å². The van der Waals surface area contributed by atoms with E-state index in [0.29, 0.717) is 6.42 Å². The number of thioether (sulfide) groups is 1. The molecule has 2 heterocycles. The molecule has 1 N–H and O–H groups in total. The second-order valence-corrected chi connectivity index (χ2v) is 7.28. The molecule has 0 bridgehead atoms. The number of halogens is 3. The minimum Gasteiger partial charge on any atom is -0.493 e. The molecule has 0 amide bonds. The van der Waals surface area contributed by atoms with Crippen molar-refractivity contribution < 1.29 is 18.3 Å². The zero-order valence-corrected chi connectivity index (χ0v) is 15.7. The number of aromatic nitrogens is 3. The highest BCUT2D eigenvalue weighted by molar-refractivity contribution is 8.00. The Bertz CT molecular complexity index is 982. The van der Waals surface area contributed by atoms with Crippen LogP contribution in [0, 0.1) is 0 Å². The van der Waals surface area contributed by atoms with Crippen LogP contribution in [-0.2, 0) is 0 Å². The van der Waals surface area contributed by atoms with Crippen LogP contribution in [-0.4, -0.2) is 24.7 Å². The van der Waals surface area contributed by atoms with Crippen molar-refractivity contribution in [1.29, 1.82) is 0 Å². The van der Waals surface area contributed by atoms with Gasteiger partial charge in [-0.3, -0.25) is 9.55 Å². The Morgan fingerprint density at radius 2 is 1.79 bits per heavy atom. The highest BCUT2D eigenvalue weighted by Crippen LogP contribution is 2.37. The van der Waals surface area contributed by atoms with Gasteiger partial charge in [0.25, 0.3) is 0 Å². The number of nitrogens with zero attached hydrogens (tertiary/aromatic N) is 3. The van der Waals surface area contributed by atoms with Gasteiger partial charge in [0.05, 0.1) is 17.9 Å². The van der Waals surface area contributed by atoms with E-state index in [-0.39, 0.29) is 34.3 Å². The summed E-state index contributed by atoms with van der Waals surface area (Å²) in [5.74, 6) is -0.281. The summed E-state index contributed by atoms with van der Waals surface area (Å²) in [4.78, 5) is 16.9. The fourth-order valence-electron chi connectivity index (χ4n) is 3.04. The third kappa shape index (κ3) is 4.41. The van der Waals surface area contributed by atoms with Crippen molar-refractivity contribution in [3.8, 4) is 11.6 Å². The van der Waals surface area contributed by atoms with Crippen molar-refractivity contribution in [2.45, 2.75) is 36.2 Å². The van der Waals surface area contributed by atoms with Gasteiger partial charge in [-0.05, 0) is 60.1 Å². The number of hydrogen-bond donors (Lipinski definition) is 1. The molecule has 9 heteroatoms. The maximum Gasteiger partial charge on any atom is 0.446 e. The van der Waals surface area contributed by atoms with Crippen molar-refractivity contribution in [2.75, 3.05) is 0 Å². The molecule has 1 atom stereocenters. The van der Waals surface area contributed by atoms with Gasteiger partial charge in [0.2, 0.25) is 5.88 Å². The summed E-state index contributed by atoms with van der Waals surface area (Å²) >= 11 is -0.234. The molecule has 0 aliphatic rings. The van der Waals surface area contributed by atoms with Crippen LogP contribution in [0.3, 0.4) is 0 Å². The lowest BCUT2D eigenvalue weighted by atomic mass is 10.0. The second-order valence-electron chi connectivity index (χ2n) is 6.14. The van der Waals surface area contributed by atoms with Gasteiger partial charge < -0.3 is 5.11 Å². The third-order valence-electron chi connectivity index (χ3n) is 4.21. The van der Waals surface area contributed by atoms with E-state index in [1.165, 1.54) is 35.0 Å². The molecule has 1 aromatic carbocycles. The maximum atomic E-state index is 13.0. The molecule has 28 heavy (non-hydrogen) atoms. The predicted octanol–water partition coefficient (Wildman–Crippen LogP) is 4.74. The molecule has 0 saturated carbocycles. The summed E-state index contributed by atoms with van der Waals surface area (Å²) in [6.07, 6.45) is 6.11. The van der Waals surface area contributed by atoms with Crippen LogP contribution in [0.4, 0.5) is 13.2 Å². The minimum absolute atomic E-state index is 0.00358. The predicted molar refractivity (Wildman–Crippen MR) is 101 cm³/mol. The van der Waals surface area contributed by atoms with Gasteiger partial charge in [-0.25, -0.2) is 9.36 Å². The SMILES string of the molecule is CCCC(c1ccncc1)n1cc(O)n(-c2ccc(SC(F)(F)F)cc2)c1=O. The van der Waals surface area contributed by atoms with Crippen molar-refractivity contribution in [1.82, 2.24) is 14.1 Å². The lowest BCUT2D eigenvalue weighted by molar-refractivity contribution is -0.0328.